The molecule has 1 saturated heterocycles. The molecule has 2 aliphatic rings. The number of nitrogens with one attached hydrogen (secondary N) is 1. The molecule has 8 heteroatoms. The molecule has 0 bridgehead atoms. The summed E-state index contributed by atoms with van der Waals surface area (Å²) in [6, 6.07) is 5.18. The molecule has 2 fully saturated rings. The molecule has 35 heavy (non-hydrogen) atoms. The third kappa shape index (κ3) is 6.12. The normalized spacial score (nSPS) is 18.1. The number of aromatic nitrogens is 2. The number of rotatable bonds is 8. The van der Waals surface area contributed by atoms with Gasteiger partial charge in [-0.05, 0) is 43.4 Å². The van der Waals surface area contributed by atoms with Gasteiger partial charge in [-0.15, -0.1) is 0 Å². The molecule has 0 spiro atoms. The van der Waals surface area contributed by atoms with Crippen molar-refractivity contribution in [2.45, 2.75) is 70.8 Å². The summed E-state index contributed by atoms with van der Waals surface area (Å²) < 4.78 is 14.3. The Bertz CT molecular complexity index is 1010. The van der Waals surface area contributed by atoms with Crippen molar-refractivity contribution >= 4 is 23.3 Å². The Morgan fingerprint density at radius 2 is 1.86 bits per heavy atom. The number of hydrogen-bond acceptors (Lipinski definition) is 5. The number of aryl methyl sites for hydroxylation is 1. The first-order valence-corrected chi connectivity index (χ1v) is 13.4. The van der Waals surface area contributed by atoms with Gasteiger partial charge in [0.2, 0.25) is 5.91 Å². The Hall–Kier alpha value is -2.25. The zero-order chi connectivity index (χ0) is 24.8. The van der Waals surface area contributed by atoms with Crippen molar-refractivity contribution < 1.29 is 9.18 Å². The van der Waals surface area contributed by atoms with Crippen LogP contribution in [0.25, 0.3) is 0 Å². The second-order valence-electron chi connectivity index (χ2n) is 9.61. The van der Waals surface area contributed by atoms with E-state index in [2.05, 4.69) is 34.0 Å². The zero-order valence-corrected chi connectivity index (χ0v) is 21.7. The minimum absolute atomic E-state index is 0.0438. The number of amides is 1. The van der Waals surface area contributed by atoms with E-state index in [-0.39, 0.29) is 10.9 Å². The monoisotopic (exact) mass is 501 g/mol. The number of hydrogen-bond donors (Lipinski definition) is 1. The van der Waals surface area contributed by atoms with E-state index in [1.165, 1.54) is 30.9 Å². The number of nitrogens with zero attached hydrogens (tertiary/aromatic N) is 4. The van der Waals surface area contributed by atoms with Crippen LogP contribution in [-0.2, 0) is 17.6 Å². The highest BCUT2D eigenvalue weighted by Crippen LogP contribution is 2.27. The first-order valence-electron chi connectivity index (χ1n) is 13.1. The number of halogens is 2. The smallest absolute Gasteiger partial charge is 0.231 e. The van der Waals surface area contributed by atoms with E-state index >= 15 is 0 Å². The SMILES string of the molecule is CCc1ncnc(N2CCN(C(=O)C(CNC3CCCCC3)c3ccc(Cl)c(F)c3)CC2)c1CC. The van der Waals surface area contributed by atoms with Crippen LogP contribution in [-0.4, -0.2) is 59.5 Å². The highest BCUT2D eigenvalue weighted by atomic mass is 35.5. The maximum atomic E-state index is 14.3. The third-order valence-electron chi connectivity index (χ3n) is 7.45. The molecule has 1 unspecified atom stereocenters. The standard InChI is InChI=1S/C27H37ClFN5O/c1-3-21-25(4-2)31-18-32-26(21)33-12-14-34(15-13-33)27(35)22(17-30-20-8-6-5-7-9-20)19-10-11-23(28)24(29)16-19/h10-11,16,18,20,22,30H,3-9,12-15,17H2,1-2H3. The topological polar surface area (TPSA) is 61.4 Å². The molecule has 190 valence electrons. The first kappa shape index (κ1) is 25.8. The lowest BCUT2D eigenvalue weighted by Crippen LogP contribution is -2.51. The van der Waals surface area contributed by atoms with E-state index in [4.69, 9.17) is 11.6 Å². The van der Waals surface area contributed by atoms with Crippen molar-refractivity contribution in [3.05, 3.63) is 52.2 Å². The van der Waals surface area contributed by atoms with Crippen LogP contribution in [0.2, 0.25) is 5.02 Å². The summed E-state index contributed by atoms with van der Waals surface area (Å²) in [5.74, 6) is 0.114. The van der Waals surface area contributed by atoms with Crippen molar-refractivity contribution in [1.82, 2.24) is 20.2 Å². The quantitative estimate of drug-likeness (QED) is 0.565. The summed E-state index contributed by atoms with van der Waals surface area (Å²) in [6.07, 6.45) is 9.39. The van der Waals surface area contributed by atoms with Gasteiger partial charge < -0.3 is 15.1 Å². The van der Waals surface area contributed by atoms with Crippen LogP contribution in [0.4, 0.5) is 10.2 Å². The zero-order valence-electron chi connectivity index (χ0n) is 20.9. The molecule has 2 heterocycles. The van der Waals surface area contributed by atoms with Crippen LogP contribution in [0.3, 0.4) is 0 Å². The Labute approximate surface area is 213 Å². The van der Waals surface area contributed by atoms with Gasteiger partial charge in [-0.25, -0.2) is 14.4 Å². The maximum Gasteiger partial charge on any atom is 0.231 e. The fraction of sp³-hybridized carbons (Fsp3) is 0.593. The summed E-state index contributed by atoms with van der Waals surface area (Å²) >= 11 is 5.93. The summed E-state index contributed by atoms with van der Waals surface area (Å²) in [7, 11) is 0. The lowest BCUT2D eigenvalue weighted by molar-refractivity contribution is -0.133. The average molecular weight is 502 g/mol. The van der Waals surface area contributed by atoms with E-state index in [0.717, 1.165) is 50.3 Å². The van der Waals surface area contributed by atoms with Gasteiger partial charge in [0.15, 0.2) is 0 Å². The van der Waals surface area contributed by atoms with Gasteiger partial charge in [0.05, 0.1) is 10.9 Å². The van der Waals surface area contributed by atoms with Crippen molar-refractivity contribution in [2.75, 3.05) is 37.6 Å². The lowest BCUT2D eigenvalue weighted by atomic mass is 9.93. The second-order valence-corrected chi connectivity index (χ2v) is 10.0. The van der Waals surface area contributed by atoms with Crippen LogP contribution in [0.5, 0.6) is 0 Å². The summed E-state index contributed by atoms with van der Waals surface area (Å²) in [5, 5.41) is 3.69. The fourth-order valence-corrected chi connectivity index (χ4v) is 5.52. The molecule has 1 aromatic heterocycles. The van der Waals surface area contributed by atoms with Gasteiger partial charge in [-0.3, -0.25) is 4.79 Å². The maximum absolute atomic E-state index is 14.3. The highest BCUT2D eigenvalue weighted by molar-refractivity contribution is 6.30. The Morgan fingerprint density at radius 3 is 2.51 bits per heavy atom. The van der Waals surface area contributed by atoms with Gasteiger partial charge in [0, 0.05) is 50.0 Å². The minimum Gasteiger partial charge on any atom is -0.353 e. The van der Waals surface area contributed by atoms with Gasteiger partial charge >= 0.3 is 0 Å². The number of carbonyl (C=O) groups is 1. The molecule has 1 aromatic carbocycles. The predicted molar refractivity (Wildman–Crippen MR) is 139 cm³/mol. The molecule has 6 nitrogen and oxygen atoms in total. The summed E-state index contributed by atoms with van der Waals surface area (Å²) in [4.78, 5) is 26.9. The van der Waals surface area contributed by atoms with E-state index in [1.54, 1.807) is 18.5 Å². The van der Waals surface area contributed by atoms with Crippen LogP contribution in [0, 0.1) is 5.82 Å². The van der Waals surface area contributed by atoms with Crippen LogP contribution >= 0.6 is 11.6 Å². The lowest BCUT2D eigenvalue weighted by Gasteiger charge is -2.38. The fourth-order valence-electron chi connectivity index (χ4n) is 5.40. The first-order chi connectivity index (χ1) is 17.0. The molecule has 0 radical (unpaired) electrons. The van der Waals surface area contributed by atoms with E-state index in [0.29, 0.717) is 31.2 Å². The molecule has 1 aliphatic heterocycles. The molecular weight excluding hydrogens is 465 g/mol. The van der Waals surface area contributed by atoms with Crippen molar-refractivity contribution in [3.8, 4) is 0 Å². The number of benzene rings is 1. The van der Waals surface area contributed by atoms with Crippen molar-refractivity contribution in [2.24, 2.45) is 0 Å². The second kappa shape index (κ2) is 12.1. The van der Waals surface area contributed by atoms with Crippen LogP contribution in [0.1, 0.15) is 68.7 Å². The van der Waals surface area contributed by atoms with Gasteiger partial charge in [0.1, 0.15) is 18.0 Å². The summed E-state index contributed by atoms with van der Waals surface area (Å²) in [5.41, 5.74) is 2.97. The van der Waals surface area contributed by atoms with Crippen molar-refractivity contribution in [1.29, 1.82) is 0 Å². The summed E-state index contributed by atoms with van der Waals surface area (Å²) in [6.45, 7) is 7.43. The Morgan fingerprint density at radius 1 is 1.11 bits per heavy atom. The average Bonchev–Trinajstić information content (AvgIpc) is 2.90. The minimum atomic E-state index is -0.480. The molecule has 1 N–H and O–H groups in total. The van der Waals surface area contributed by atoms with E-state index < -0.39 is 11.7 Å². The third-order valence-corrected chi connectivity index (χ3v) is 7.76. The van der Waals surface area contributed by atoms with Gasteiger partial charge in [-0.2, -0.15) is 0 Å². The number of carbonyl (C=O) groups excluding carboxylic acids is 1. The molecule has 1 atom stereocenters. The highest BCUT2D eigenvalue weighted by Gasteiger charge is 2.31. The predicted octanol–water partition coefficient (Wildman–Crippen LogP) is 4.75. The Kier molecular flexibility index (Phi) is 8.95. The van der Waals surface area contributed by atoms with Crippen molar-refractivity contribution in [3.63, 3.8) is 0 Å². The molecular formula is C27H37ClFN5O. The van der Waals surface area contributed by atoms with E-state index in [9.17, 15) is 9.18 Å². The van der Waals surface area contributed by atoms with Gasteiger partial charge in [-0.1, -0.05) is 50.8 Å². The molecule has 1 saturated carbocycles. The number of piperazine rings is 1. The largest absolute Gasteiger partial charge is 0.353 e. The Balaban J connectivity index is 1.47. The molecule has 1 aliphatic carbocycles. The molecule has 2 aromatic rings. The van der Waals surface area contributed by atoms with Crippen LogP contribution in [0.15, 0.2) is 24.5 Å². The van der Waals surface area contributed by atoms with Crippen LogP contribution < -0.4 is 10.2 Å². The molecule has 1 amide bonds. The molecule has 4 rings (SSSR count). The number of anilines is 1. The van der Waals surface area contributed by atoms with E-state index in [1.807, 2.05) is 4.90 Å². The van der Waals surface area contributed by atoms with Gasteiger partial charge in [0.25, 0.3) is 0 Å².